The van der Waals surface area contributed by atoms with Crippen LogP contribution in [0.15, 0.2) is 54.6 Å². The van der Waals surface area contributed by atoms with E-state index in [1.54, 1.807) is 6.92 Å². The molecule has 0 fully saturated rings. The molecule has 0 saturated carbocycles. The summed E-state index contributed by atoms with van der Waals surface area (Å²) in [5.74, 6) is 0. The smallest absolute Gasteiger partial charge is 0.203 e. The molecule has 0 radical (unpaired) electrons. The van der Waals surface area contributed by atoms with Gasteiger partial charge in [0.05, 0.1) is 30.2 Å². The van der Waals surface area contributed by atoms with Crippen molar-refractivity contribution < 1.29 is 5.11 Å². The summed E-state index contributed by atoms with van der Waals surface area (Å²) in [4.78, 5) is 0. The fourth-order valence-electron chi connectivity index (χ4n) is 2.67. The molecule has 108 valence electrons. The highest BCUT2D eigenvalue weighted by Gasteiger charge is 2.11. The van der Waals surface area contributed by atoms with Crippen LogP contribution in [0.3, 0.4) is 0 Å². The maximum Gasteiger partial charge on any atom is 0.203 e. The van der Waals surface area contributed by atoms with Crippen molar-refractivity contribution in [3.05, 3.63) is 65.8 Å². The second kappa shape index (κ2) is 5.58. The van der Waals surface area contributed by atoms with Crippen molar-refractivity contribution in [1.29, 1.82) is 5.41 Å². The van der Waals surface area contributed by atoms with E-state index in [4.69, 9.17) is 5.41 Å². The standard InChI is InChI=1S/C17H19N3O/c1-13(21)11-19-15-9-5-6-10-16(15)20(17(19)18)12-14-7-3-2-4-8-14/h2-10,13,18,21H,11-12H2,1H3/t13-/m0/s1. The molecule has 4 heteroatoms. The molecule has 0 spiro atoms. The van der Waals surface area contributed by atoms with Crippen LogP contribution in [0, 0.1) is 5.41 Å². The quantitative estimate of drug-likeness (QED) is 0.758. The van der Waals surface area contributed by atoms with E-state index in [2.05, 4.69) is 12.1 Å². The summed E-state index contributed by atoms with van der Waals surface area (Å²) in [6.45, 7) is 2.84. The number of aliphatic hydroxyl groups is 1. The summed E-state index contributed by atoms with van der Waals surface area (Å²) in [6.07, 6.45) is -0.477. The van der Waals surface area contributed by atoms with Gasteiger partial charge in [0, 0.05) is 0 Å². The minimum atomic E-state index is -0.477. The summed E-state index contributed by atoms with van der Waals surface area (Å²) in [5.41, 5.74) is 3.59. The van der Waals surface area contributed by atoms with Crippen LogP contribution in [-0.2, 0) is 13.1 Å². The Kier molecular flexibility index (Phi) is 3.62. The number of nitrogens with one attached hydrogen (secondary N) is 1. The Morgan fingerprint density at radius 1 is 0.952 bits per heavy atom. The van der Waals surface area contributed by atoms with E-state index in [1.807, 2.05) is 51.6 Å². The van der Waals surface area contributed by atoms with E-state index in [0.29, 0.717) is 18.7 Å². The van der Waals surface area contributed by atoms with Crippen LogP contribution in [0.5, 0.6) is 0 Å². The number of aromatic nitrogens is 2. The number of benzene rings is 2. The summed E-state index contributed by atoms with van der Waals surface area (Å²) in [5, 5.41) is 18.1. The zero-order valence-corrected chi connectivity index (χ0v) is 12.0. The van der Waals surface area contributed by atoms with Gasteiger partial charge in [-0.25, -0.2) is 0 Å². The minimum Gasteiger partial charge on any atom is -0.392 e. The van der Waals surface area contributed by atoms with Crippen molar-refractivity contribution >= 4 is 11.0 Å². The number of fused-ring (bicyclic) bond motifs is 1. The van der Waals surface area contributed by atoms with Crippen molar-refractivity contribution in [3.63, 3.8) is 0 Å². The van der Waals surface area contributed by atoms with Crippen molar-refractivity contribution in [3.8, 4) is 0 Å². The molecule has 1 aromatic heterocycles. The van der Waals surface area contributed by atoms with Crippen LogP contribution < -0.4 is 5.62 Å². The summed E-state index contributed by atoms with van der Waals surface area (Å²) < 4.78 is 3.84. The van der Waals surface area contributed by atoms with Crippen molar-refractivity contribution in [2.45, 2.75) is 26.1 Å². The molecule has 0 saturated heterocycles. The molecule has 21 heavy (non-hydrogen) atoms. The predicted molar refractivity (Wildman–Crippen MR) is 83.0 cm³/mol. The average molecular weight is 281 g/mol. The van der Waals surface area contributed by atoms with Gasteiger partial charge in [-0.1, -0.05) is 42.5 Å². The second-order valence-corrected chi connectivity index (χ2v) is 5.34. The lowest BCUT2D eigenvalue weighted by Crippen LogP contribution is -2.28. The van der Waals surface area contributed by atoms with Gasteiger partial charge in [-0.3, -0.25) is 5.41 Å². The first-order valence-corrected chi connectivity index (χ1v) is 7.11. The Bertz CT molecular complexity index is 800. The normalized spacial score (nSPS) is 12.7. The van der Waals surface area contributed by atoms with E-state index in [-0.39, 0.29) is 0 Å². The fourth-order valence-corrected chi connectivity index (χ4v) is 2.67. The Morgan fingerprint density at radius 3 is 2.14 bits per heavy atom. The molecule has 3 aromatic rings. The predicted octanol–water partition coefficient (Wildman–Crippen LogP) is 2.35. The van der Waals surface area contributed by atoms with Crippen molar-refractivity contribution in [2.75, 3.05) is 0 Å². The van der Waals surface area contributed by atoms with Gasteiger partial charge in [-0.2, -0.15) is 0 Å². The highest BCUT2D eigenvalue weighted by Crippen LogP contribution is 2.14. The van der Waals surface area contributed by atoms with Gasteiger partial charge >= 0.3 is 0 Å². The molecule has 2 N–H and O–H groups in total. The monoisotopic (exact) mass is 281 g/mol. The van der Waals surface area contributed by atoms with E-state index < -0.39 is 6.10 Å². The summed E-state index contributed by atoms with van der Waals surface area (Å²) >= 11 is 0. The van der Waals surface area contributed by atoms with Crippen LogP contribution >= 0.6 is 0 Å². The first kappa shape index (κ1) is 13.6. The van der Waals surface area contributed by atoms with Gasteiger partial charge < -0.3 is 14.2 Å². The number of imidazole rings is 1. The third-order valence-corrected chi connectivity index (χ3v) is 3.60. The SMILES string of the molecule is C[C@H](O)Cn1c(=N)n(Cc2ccccc2)c2ccccc21. The highest BCUT2D eigenvalue weighted by atomic mass is 16.3. The molecule has 1 heterocycles. The zero-order valence-electron chi connectivity index (χ0n) is 12.0. The first-order valence-electron chi connectivity index (χ1n) is 7.11. The van der Waals surface area contributed by atoms with Gasteiger partial charge in [0.15, 0.2) is 0 Å². The number of aliphatic hydroxyl groups excluding tert-OH is 1. The Labute approximate surface area is 123 Å². The lowest BCUT2D eigenvalue weighted by atomic mass is 10.2. The third kappa shape index (κ3) is 2.62. The number of nitrogens with zero attached hydrogens (tertiary/aromatic N) is 2. The van der Waals surface area contributed by atoms with E-state index >= 15 is 0 Å². The molecule has 0 aliphatic carbocycles. The van der Waals surface area contributed by atoms with Gasteiger partial charge in [-0.15, -0.1) is 0 Å². The largest absolute Gasteiger partial charge is 0.392 e. The second-order valence-electron chi connectivity index (χ2n) is 5.34. The molecule has 3 rings (SSSR count). The topological polar surface area (TPSA) is 53.9 Å². The van der Waals surface area contributed by atoms with Crippen LogP contribution in [-0.4, -0.2) is 20.3 Å². The van der Waals surface area contributed by atoms with Gasteiger partial charge in [0.2, 0.25) is 5.62 Å². The van der Waals surface area contributed by atoms with Crippen LogP contribution in [0.2, 0.25) is 0 Å². The molecule has 4 nitrogen and oxygen atoms in total. The molecule has 0 bridgehead atoms. The number of hydrogen-bond acceptors (Lipinski definition) is 2. The molecular weight excluding hydrogens is 262 g/mol. The number of hydrogen-bond donors (Lipinski definition) is 2. The maximum absolute atomic E-state index is 9.68. The van der Waals surface area contributed by atoms with Crippen molar-refractivity contribution in [2.24, 2.45) is 0 Å². The molecule has 0 aliphatic rings. The van der Waals surface area contributed by atoms with E-state index in [0.717, 1.165) is 16.6 Å². The molecule has 0 aliphatic heterocycles. The summed E-state index contributed by atoms with van der Waals surface area (Å²) in [7, 11) is 0. The molecule has 0 unspecified atom stereocenters. The lowest BCUT2D eigenvalue weighted by Gasteiger charge is -2.07. The Hall–Kier alpha value is -2.33. The summed E-state index contributed by atoms with van der Waals surface area (Å²) in [6, 6.07) is 18.1. The lowest BCUT2D eigenvalue weighted by molar-refractivity contribution is 0.172. The number of para-hydroxylation sites is 2. The van der Waals surface area contributed by atoms with Gasteiger partial charge in [0.1, 0.15) is 0 Å². The third-order valence-electron chi connectivity index (χ3n) is 3.60. The molecular formula is C17H19N3O. The zero-order chi connectivity index (χ0) is 14.8. The Balaban J connectivity index is 2.14. The minimum absolute atomic E-state index is 0.418. The van der Waals surface area contributed by atoms with Gasteiger partial charge in [-0.05, 0) is 24.6 Å². The van der Waals surface area contributed by atoms with Crippen molar-refractivity contribution in [1.82, 2.24) is 9.13 Å². The van der Waals surface area contributed by atoms with E-state index in [1.165, 1.54) is 0 Å². The highest BCUT2D eigenvalue weighted by molar-refractivity contribution is 5.76. The van der Waals surface area contributed by atoms with Gasteiger partial charge in [0.25, 0.3) is 0 Å². The van der Waals surface area contributed by atoms with Crippen LogP contribution in [0.25, 0.3) is 11.0 Å². The molecule has 0 amide bonds. The Morgan fingerprint density at radius 2 is 1.52 bits per heavy atom. The fraction of sp³-hybridized carbons (Fsp3) is 0.235. The average Bonchev–Trinajstić information content (AvgIpc) is 2.74. The van der Waals surface area contributed by atoms with E-state index in [9.17, 15) is 5.11 Å². The molecule has 1 atom stereocenters. The number of rotatable bonds is 4. The first-order chi connectivity index (χ1) is 10.2. The van der Waals surface area contributed by atoms with Crippen LogP contribution in [0.1, 0.15) is 12.5 Å². The maximum atomic E-state index is 9.68. The molecule has 2 aromatic carbocycles. The van der Waals surface area contributed by atoms with Crippen LogP contribution in [0.4, 0.5) is 0 Å².